The molecule has 220 valence electrons. The molecule has 0 heterocycles. The van der Waals surface area contributed by atoms with Crippen molar-refractivity contribution in [3.8, 4) is 5.75 Å². The van der Waals surface area contributed by atoms with Crippen molar-refractivity contribution in [1.82, 2.24) is 0 Å². The highest BCUT2D eigenvalue weighted by atomic mass is 35.5. The topological polar surface area (TPSA) is 26.3 Å². The molecule has 0 unspecified atom stereocenters. The van der Waals surface area contributed by atoms with Crippen molar-refractivity contribution in [2.75, 3.05) is 6.61 Å². The Bertz CT molecular complexity index is 1350. The Kier molecular flexibility index (Phi) is 8.82. The first kappa shape index (κ1) is 31.6. The highest BCUT2D eigenvalue weighted by Crippen LogP contribution is 2.47. The van der Waals surface area contributed by atoms with E-state index in [1.807, 2.05) is 12.1 Å². The minimum absolute atomic E-state index is 0.0444. The number of halogens is 1. The molecule has 0 aromatic heterocycles. The van der Waals surface area contributed by atoms with Gasteiger partial charge in [-0.1, -0.05) is 147 Å². The van der Waals surface area contributed by atoms with Gasteiger partial charge in [-0.3, -0.25) is 4.79 Å². The third-order valence-corrected chi connectivity index (χ3v) is 8.30. The average Bonchev–Trinajstić information content (AvgIpc) is 2.92. The minimum atomic E-state index is -0.593. The van der Waals surface area contributed by atoms with Gasteiger partial charge in [0.2, 0.25) is 0 Å². The van der Waals surface area contributed by atoms with Gasteiger partial charge in [-0.2, -0.15) is 0 Å². The van der Waals surface area contributed by atoms with E-state index in [0.717, 1.165) is 5.56 Å². The van der Waals surface area contributed by atoms with Crippen molar-refractivity contribution in [2.24, 2.45) is 0 Å². The SMILES string of the molecule is CC(C)(C)c1ccc(C(c2ccc(OCC(=O)Cl)cc2)(c2ccc(C(C)(C)C)cc2)c2ccc(C(C)(C)C)cc2)cc1. The maximum atomic E-state index is 11.3. The van der Waals surface area contributed by atoms with Gasteiger partial charge >= 0.3 is 0 Å². The summed E-state index contributed by atoms with van der Waals surface area (Å²) in [5.41, 5.74) is 8.09. The maximum absolute atomic E-state index is 11.3. The molecule has 4 rings (SSSR count). The minimum Gasteiger partial charge on any atom is -0.484 e. The van der Waals surface area contributed by atoms with Crippen molar-refractivity contribution in [2.45, 2.75) is 84.0 Å². The third-order valence-electron chi connectivity index (χ3n) is 8.19. The van der Waals surface area contributed by atoms with Crippen LogP contribution in [0.2, 0.25) is 0 Å². The van der Waals surface area contributed by atoms with Crippen LogP contribution in [0.1, 0.15) is 101 Å². The van der Waals surface area contributed by atoms with Gasteiger partial charge in [0.1, 0.15) is 5.75 Å². The zero-order valence-corrected chi connectivity index (χ0v) is 27.4. The van der Waals surface area contributed by atoms with Crippen LogP contribution in [0, 0.1) is 0 Å². The van der Waals surface area contributed by atoms with Crippen molar-refractivity contribution in [3.63, 3.8) is 0 Å². The zero-order valence-electron chi connectivity index (χ0n) is 26.6. The van der Waals surface area contributed by atoms with E-state index in [1.54, 1.807) is 0 Å². The molecule has 3 heteroatoms. The summed E-state index contributed by atoms with van der Waals surface area (Å²) in [7, 11) is 0. The molecular formula is C39H45ClO2. The predicted octanol–water partition coefficient (Wildman–Crippen LogP) is 10.1. The van der Waals surface area contributed by atoms with E-state index < -0.39 is 10.7 Å². The summed E-state index contributed by atoms with van der Waals surface area (Å²) in [6.45, 7) is 20.1. The lowest BCUT2D eigenvalue weighted by atomic mass is 9.64. The molecule has 0 spiro atoms. The fourth-order valence-electron chi connectivity index (χ4n) is 5.60. The van der Waals surface area contributed by atoms with E-state index in [-0.39, 0.29) is 22.9 Å². The summed E-state index contributed by atoms with van der Waals surface area (Å²) < 4.78 is 5.63. The largest absolute Gasteiger partial charge is 0.484 e. The smallest absolute Gasteiger partial charge is 0.259 e. The second kappa shape index (κ2) is 11.7. The molecule has 4 aromatic carbocycles. The van der Waals surface area contributed by atoms with Crippen LogP contribution in [0.25, 0.3) is 0 Å². The van der Waals surface area contributed by atoms with Crippen LogP contribution < -0.4 is 4.74 Å². The Morgan fingerprint density at radius 3 is 0.952 bits per heavy atom. The number of hydrogen-bond acceptors (Lipinski definition) is 2. The standard InChI is InChI=1S/C39H45ClO2/c1-36(2,3)27-10-16-30(17-11-27)39(31-18-12-28(13-19-31)37(4,5)6,32-20-14-29(15-21-32)38(7,8)9)33-22-24-34(25-23-33)42-26-35(40)41/h10-25H,26H2,1-9H3. The molecule has 0 amide bonds. The van der Waals surface area contributed by atoms with Crippen molar-refractivity contribution in [3.05, 3.63) is 136 Å². The summed E-state index contributed by atoms with van der Waals surface area (Å²) in [5.74, 6) is 0.607. The van der Waals surface area contributed by atoms with Gasteiger partial charge in [-0.05, 0) is 78.9 Å². The normalized spacial score (nSPS) is 12.7. The molecule has 0 N–H and O–H groups in total. The summed E-state index contributed by atoms with van der Waals surface area (Å²) in [6.07, 6.45) is 0. The molecule has 4 aromatic rings. The number of hydrogen-bond donors (Lipinski definition) is 0. The molecule has 0 bridgehead atoms. The van der Waals surface area contributed by atoms with Crippen LogP contribution in [0.5, 0.6) is 5.75 Å². The Labute approximate surface area is 258 Å². The van der Waals surface area contributed by atoms with Gasteiger partial charge in [-0.25, -0.2) is 0 Å². The van der Waals surface area contributed by atoms with Crippen molar-refractivity contribution < 1.29 is 9.53 Å². The predicted molar refractivity (Wildman–Crippen MR) is 177 cm³/mol. The third kappa shape index (κ3) is 6.65. The van der Waals surface area contributed by atoms with E-state index in [9.17, 15) is 4.79 Å². The van der Waals surface area contributed by atoms with Crippen LogP contribution in [0.4, 0.5) is 0 Å². The molecular weight excluding hydrogens is 536 g/mol. The number of carbonyl (C=O) groups is 1. The first-order valence-corrected chi connectivity index (χ1v) is 15.2. The average molecular weight is 581 g/mol. The van der Waals surface area contributed by atoms with Crippen molar-refractivity contribution >= 4 is 16.8 Å². The van der Waals surface area contributed by atoms with E-state index in [2.05, 4.69) is 147 Å². The first-order valence-electron chi connectivity index (χ1n) is 14.8. The lowest BCUT2D eigenvalue weighted by Gasteiger charge is -2.38. The lowest BCUT2D eigenvalue weighted by Crippen LogP contribution is -2.31. The second-order valence-corrected chi connectivity index (χ2v) is 14.8. The quantitative estimate of drug-likeness (QED) is 0.160. The molecule has 0 aliphatic carbocycles. The van der Waals surface area contributed by atoms with Crippen LogP contribution in [-0.4, -0.2) is 11.8 Å². The molecule has 0 saturated carbocycles. The summed E-state index contributed by atoms with van der Waals surface area (Å²) in [5, 5.41) is -0.523. The fraction of sp³-hybridized carbons (Fsp3) is 0.359. The van der Waals surface area contributed by atoms with Crippen LogP contribution >= 0.6 is 11.6 Å². The summed E-state index contributed by atoms with van der Waals surface area (Å²) >= 11 is 5.54. The first-order chi connectivity index (χ1) is 19.5. The van der Waals surface area contributed by atoms with Crippen molar-refractivity contribution in [1.29, 1.82) is 0 Å². The molecule has 2 nitrogen and oxygen atoms in total. The molecule has 42 heavy (non-hydrogen) atoms. The van der Waals surface area contributed by atoms with Crippen LogP contribution in [0.15, 0.2) is 97.1 Å². The van der Waals surface area contributed by atoms with Gasteiger partial charge in [0.05, 0.1) is 5.41 Å². The Morgan fingerprint density at radius 1 is 0.476 bits per heavy atom. The van der Waals surface area contributed by atoms with E-state index in [4.69, 9.17) is 16.3 Å². The van der Waals surface area contributed by atoms with Gasteiger partial charge in [0.25, 0.3) is 5.24 Å². The van der Waals surface area contributed by atoms with Crippen LogP contribution in [0.3, 0.4) is 0 Å². The molecule has 0 radical (unpaired) electrons. The Hall–Kier alpha value is -3.36. The lowest BCUT2D eigenvalue weighted by molar-refractivity contribution is -0.113. The van der Waals surface area contributed by atoms with Gasteiger partial charge in [-0.15, -0.1) is 0 Å². The molecule has 0 aliphatic rings. The number of carbonyl (C=O) groups excluding carboxylic acids is 1. The zero-order chi connectivity index (χ0) is 30.9. The Balaban J connectivity index is 2.03. The molecule has 0 saturated heterocycles. The molecule has 0 aliphatic heterocycles. The second-order valence-electron chi connectivity index (χ2n) is 14.4. The number of benzene rings is 4. The van der Waals surface area contributed by atoms with Crippen LogP contribution in [-0.2, 0) is 26.5 Å². The van der Waals surface area contributed by atoms with E-state index in [0.29, 0.717) is 5.75 Å². The number of rotatable bonds is 7. The molecule has 0 atom stereocenters. The fourth-order valence-corrected chi connectivity index (χ4v) is 5.66. The summed E-state index contributed by atoms with van der Waals surface area (Å²) in [4.78, 5) is 11.3. The summed E-state index contributed by atoms with van der Waals surface area (Å²) in [6, 6.07) is 35.4. The highest BCUT2D eigenvalue weighted by Gasteiger charge is 2.39. The van der Waals surface area contributed by atoms with Gasteiger partial charge < -0.3 is 4.74 Å². The number of ether oxygens (including phenoxy) is 1. The molecule has 0 fully saturated rings. The van der Waals surface area contributed by atoms with Gasteiger partial charge in [0, 0.05) is 0 Å². The van der Waals surface area contributed by atoms with Gasteiger partial charge in [0.15, 0.2) is 6.61 Å². The Morgan fingerprint density at radius 2 is 0.714 bits per heavy atom. The highest BCUT2D eigenvalue weighted by molar-refractivity contribution is 6.63. The van der Waals surface area contributed by atoms with E-state index in [1.165, 1.54) is 33.4 Å². The maximum Gasteiger partial charge on any atom is 0.259 e. The monoisotopic (exact) mass is 580 g/mol. The van der Waals surface area contributed by atoms with E-state index >= 15 is 0 Å².